The molecule has 0 amide bonds. The molecule has 0 saturated heterocycles. The molecule has 3 N–H and O–H groups in total. The van der Waals surface area contributed by atoms with Crippen LogP contribution in [0.3, 0.4) is 0 Å². The Balaban J connectivity index is 1.58. The third kappa shape index (κ3) is 4.78. The van der Waals surface area contributed by atoms with Crippen molar-refractivity contribution < 1.29 is 19.4 Å². The van der Waals surface area contributed by atoms with Gasteiger partial charge in [0.05, 0.1) is 6.61 Å². The average molecular weight is 457 g/mol. The molecule has 1 atom stereocenters. The maximum atomic E-state index is 11.4. The number of oxazole rings is 1. The zero-order valence-corrected chi connectivity index (χ0v) is 19.5. The minimum Gasteiger partial charge on any atom is -0.480 e. The van der Waals surface area contributed by atoms with Crippen LogP contribution in [0.1, 0.15) is 34.7 Å². The van der Waals surface area contributed by atoms with Gasteiger partial charge in [0.25, 0.3) is 0 Å². The molecule has 4 aromatic rings. The minimum atomic E-state index is -1.38. The van der Waals surface area contributed by atoms with Gasteiger partial charge in [0.2, 0.25) is 0 Å². The van der Waals surface area contributed by atoms with Gasteiger partial charge in [-0.05, 0) is 71.8 Å². The molecule has 0 fully saturated rings. The van der Waals surface area contributed by atoms with Gasteiger partial charge in [-0.2, -0.15) is 0 Å². The first-order chi connectivity index (χ1) is 16.3. The van der Waals surface area contributed by atoms with Crippen LogP contribution in [-0.4, -0.2) is 33.3 Å². The normalized spacial score (nSPS) is 13.4. The van der Waals surface area contributed by atoms with Gasteiger partial charge in [-0.15, -0.1) is 0 Å². The van der Waals surface area contributed by atoms with Crippen molar-refractivity contribution in [3.63, 3.8) is 0 Å². The van der Waals surface area contributed by atoms with E-state index >= 15 is 0 Å². The fraction of sp³-hybridized carbons (Fsp3) is 0.214. The Morgan fingerprint density at radius 1 is 1.09 bits per heavy atom. The smallest absolute Gasteiger partial charge is 0.326 e. The first-order valence-corrected chi connectivity index (χ1v) is 11.1. The van der Waals surface area contributed by atoms with Crippen LogP contribution >= 0.6 is 0 Å². The van der Waals surface area contributed by atoms with Gasteiger partial charge in [-0.25, -0.2) is 4.98 Å². The molecule has 1 aromatic heterocycles. The third-order valence-electron chi connectivity index (χ3n) is 6.27. The number of carboxylic acid groups (broad SMARTS) is 1. The maximum Gasteiger partial charge on any atom is 0.326 e. The summed E-state index contributed by atoms with van der Waals surface area (Å²) in [6.07, 6.45) is 5.63. The number of aliphatic hydroxyl groups is 1. The first-order valence-electron chi connectivity index (χ1n) is 11.1. The number of aliphatic carboxylic acids is 1. The number of nitrogens with one attached hydrogen (secondary N) is 1. The van der Waals surface area contributed by atoms with E-state index in [4.69, 9.17) is 4.42 Å². The number of rotatable bonds is 8. The lowest BCUT2D eigenvalue weighted by Crippen LogP contribution is -2.52. The Bertz CT molecular complexity index is 1370. The van der Waals surface area contributed by atoms with Crippen LogP contribution < -0.4 is 5.32 Å². The lowest BCUT2D eigenvalue weighted by atomic mass is 9.95. The van der Waals surface area contributed by atoms with Crippen LogP contribution in [0.4, 0.5) is 0 Å². The Labute approximate surface area is 198 Å². The highest BCUT2D eigenvalue weighted by Crippen LogP contribution is 2.29. The lowest BCUT2D eigenvalue weighted by molar-refractivity contribution is -0.145. The highest BCUT2D eigenvalue weighted by atomic mass is 16.4. The Morgan fingerprint density at radius 3 is 2.65 bits per heavy atom. The van der Waals surface area contributed by atoms with Gasteiger partial charge in [-0.3, -0.25) is 10.1 Å². The molecule has 0 aliphatic rings. The third-order valence-corrected chi connectivity index (χ3v) is 6.27. The van der Waals surface area contributed by atoms with Crippen LogP contribution in [0.25, 0.3) is 34.4 Å². The number of benzene rings is 3. The zero-order valence-electron chi connectivity index (χ0n) is 19.5. The van der Waals surface area contributed by atoms with Crippen molar-refractivity contribution in [1.29, 1.82) is 0 Å². The molecular weight excluding hydrogens is 428 g/mol. The number of nitrogens with zero attached hydrogens (tertiary/aromatic N) is 1. The fourth-order valence-electron chi connectivity index (χ4n) is 3.82. The predicted molar refractivity (Wildman–Crippen MR) is 134 cm³/mol. The molecule has 34 heavy (non-hydrogen) atoms. The summed E-state index contributed by atoms with van der Waals surface area (Å²) in [7, 11) is 0. The van der Waals surface area contributed by atoms with E-state index < -0.39 is 18.1 Å². The minimum absolute atomic E-state index is 0.336. The van der Waals surface area contributed by atoms with E-state index in [1.165, 1.54) is 13.3 Å². The Hall–Kier alpha value is -3.74. The Morgan fingerprint density at radius 2 is 1.88 bits per heavy atom. The monoisotopic (exact) mass is 456 g/mol. The quantitative estimate of drug-likeness (QED) is 0.315. The molecule has 6 heteroatoms. The van der Waals surface area contributed by atoms with Crippen molar-refractivity contribution in [2.75, 3.05) is 6.61 Å². The topological polar surface area (TPSA) is 95.6 Å². The molecular formula is C28H28N2O4. The summed E-state index contributed by atoms with van der Waals surface area (Å²) in [5.41, 5.74) is 7.80. The summed E-state index contributed by atoms with van der Waals surface area (Å²) in [4.78, 5) is 15.6. The van der Waals surface area contributed by atoms with Crippen LogP contribution in [0, 0.1) is 13.8 Å². The second-order valence-corrected chi connectivity index (χ2v) is 8.73. The summed E-state index contributed by atoms with van der Waals surface area (Å²) in [5, 5.41) is 21.7. The predicted octanol–water partition coefficient (Wildman–Crippen LogP) is 5.21. The molecule has 0 aliphatic carbocycles. The molecule has 0 unspecified atom stereocenters. The van der Waals surface area contributed by atoms with E-state index in [-0.39, 0.29) is 0 Å². The van der Waals surface area contributed by atoms with Gasteiger partial charge in [0.15, 0.2) is 12.0 Å². The number of hydrogen-bond acceptors (Lipinski definition) is 5. The summed E-state index contributed by atoms with van der Waals surface area (Å²) in [5.74, 6) is -1.08. The van der Waals surface area contributed by atoms with Crippen molar-refractivity contribution in [1.82, 2.24) is 10.3 Å². The fourth-order valence-corrected chi connectivity index (χ4v) is 3.82. The van der Waals surface area contributed by atoms with E-state index in [1.54, 1.807) is 0 Å². The van der Waals surface area contributed by atoms with Crippen molar-refractivity contribution in [3.05, 3.63) is 88.8 Å². The van der Waals surface area contributed by atoms with E-state index in [0.29, 0.717) is 6.54 Å². The van der Waals surface area contributed by atoms with Gasteiger partial charge < -0.3 is 14.6 Å². The molecule has 3 aromatic carbocycles. The highest BCUT2D eigenvalue weighted by molar-refractivity contribution is 5.83. The number of hydrogen-bond donors (Lipinski definition) is 3. The highest BCUT2D eigenvalue weighted by Gasteiger charge is 2.31. The number of aliphatic hydroxyl groups excluding tert-OH is 1. The largest absolute Gasteiger partial charge is 0.480 e. The summed E-state index contributed by atoms with van der Waals surface area (Å²) < 4.78 is 5.46. The van der Waals surface area contributed by atoms with E-state index in [2.05, 4.69) is 47.6 Å². The average Bonchev–Trinajstić information content (AvgIpc) is 3.31. The van der Waals surface area contributed by atoms with Gasteiger partial charge in [-0.1, -0.05) is 54.6 Å². The van der Waals surface area contributed by atoms with E-state index in [9.17, 15) is 15.0 Å². The summed E-state index contributed by atoms with van der Waals surface area (Å²) in [6.45, 7) is 5.47. The lowest BCUT2D eigenvalue weighted by Gasteiger charge is -2.24. The molecule has 0 bridgehead atoms. The van der Waals surface area contributed by atoms with E-state index in [1.807, 2.05) is 43.3 Å². The van der Waals surface area contributed by atoms with Crippen LogP contribution in [0.15, 0.2) is 65.4 Å². The number of aromatic nitrogens is 1. The zero-order chi connectivity index (χ0) is 24.3. The van der Waals surface area contributed by atoms with Crippen LogP contribution in [0.2, 0.25) is 0 Å². The molecule has 0 saturated carbocycles. The SMILES string of the molecule is Cc1ccc(CN[C@@](C)(CO)C(=O)O)cc1/C=C/c1cccc(-c2ccc3ncoc3c2)c1C. The summed E-state index contributed by atoms with van der Waals surface area (Å²) >= 11 is 0. The molecule has 4 rings (SSSR count). The first kappa shape index (κ1) is 23.4. The van der Waals surface area contributed by atoms with Gasteiger partial charge in [0, 0.05) is 6.54 Å². The molecule has 6 nitrogen and oxygen atoms in total. The van der Waals surface area contributed by atoms with Crippen LogP contribution in [-0.2, 0) is 11.3 Å². The molecule has 1 heterocycles. The van der Waals surface area contributed by atoms with Crippen molar-refractivity contribution >= 4 is 29.2 Å². The standard InChI is InChI=1S/C28H28N2O4/c1-18-7-8-20(15-30-28(3,16-31)27(32)33)13-22(18)10-9-21-5-4-6-24(19(21)2)23-11-12-25-26(14-23)34-17-29-25/h4-14,17,30-31H,15-16H2,1-3H3,(H,32,33)/b10-9+/t28-/m0/s1. The summed E-state index contributed by atoms with van der Waals surface area (Å²) in [6, 6.07) is 18.3. The molecule has 0 radical (unpaired) electrons. The second kappa shape index (κ2) is 9.63. The maximum absolute atomic E-state index is 11.4. The van der Waals surface area contributed by atoms with Gasteiger partial charge >= 0.3 is 5.97 Å². The molecule has 0 aliphatic heterocycles. The molecule has 0 spiro atoms. The number of aryl methyl sites for hydroxylation is 1. The number of fused-ring (bicyclic) bond motifs is 1. The van der Waals surface area contributed by atoms with Crippen molar-refractivity contribution in [3.8, 4) is 11.1 Å². The Kier molecular flexibility index (Phi) is 6.63. The van der Waals surface area contributed by atoms with Crippen LogP contribution in [0.5, 0.6) is 0 Å². The van der Waals surface area contributed by atoms with E-state index in [0.717, 1.165) is 50.0 Å². The second-order valence-electron chi connectivity index (χ2n) is 8.73. The molecule has 174 valence electrons. The number of carbonyl (C=O) groups is 1. The van der Waals surface area contributed by atoms with Crippen molar-refractivity contribution in [2.45, 2.75) is 32.9 Å². The number of carboxylic acids is 1. The van der Waals surface area contributed by atoms with Crippen molar-refractivity contribution in [2.24, 2.45) is 0 Å². The van der Waals surface area contributed by atoms with Gasteiger partial charge in [0.1, 0.15) is 11.1 Å².